The lowest BCUT2D eigenvalue weighted by Crippen LogP contribution is -2.01. The fraction of sp³-hybridized carbons (Fsp3) is 0.500. The lowest BCUT2D eigenvalue weighted by Gasteiger charge is -2.13. The van der Waals surface area contributed by atoms with E-state index >= 15 is 0 Å². The van der Waals surface area contributed by atoms with Crippen molar-refractivity contribution in [3.8, 4) is 11.5 Å². The third-order valence-corrected chi connectivity index (χ3v) is 2.87. The molecule has 1 unspecified atom stereocenters. The molecule has 0 saturated carbocycles. The summed E-state index contributed by atoms with van der Waals surface area (Å²) in [7, 11) is 2.98. The van der Waals surface area contributed by atoms with E-state index in [1.54, 1.807) is 6.07 Å². The average Bonchev–Trinajstić information content (AvgIpc) is 2.35. The van der Waals surface area contributed by atoms with Gasteiger partial charge in [0.1, 0.15) is 0 Å². The van der Waals surface area contributed by atoms with Crippen LogP contribution in [0.4, 0.5) is 5.69 Å². The van der Waals surface area contributed by atoms with Crippen molar-refractivity contribution in [2.75, 3.05) is 14.2 Å². The summed E-state index contributed by atoms with van der Waals surface area (Å²) in [5.41, 5.74) is 0.757. The van der Waals surface area contributed by atoms with E-state index in [9.17, 15) is 10.1 Å². The smallest absolute Gasteiger partial charge is 0.276 e. The van der Waals surface area contributed by atoms with Gasteiger partial charge in [-0.1, -0.05) is 13.8 Å². The fourth-order valence-corrected chi connectivity index (χ4v) is 1.66. The molecule has 0 saturated heterocycles. The zero-order chi connectivity index (χ0) is 13.0. The summed E-state index contributed by atoms with van der Waals surface area (Å²) < 4.78 is 10.2. The molecule has 0 heterocycles. The molecule has 0 bridgehead atoms. The highest BCUT2D eigenvalue weighted by molar-refractivity contribution is 5.55. The van der Waals surface area contributed by atoms with Crippen molar-refractivity contribution in [2.24, 2.45) is 0 Å². The zero-order valence-electron chi connectivity index (χ0n) is 10.5. The van der Waals surface area contributed by atoms with E-state index in [0.717, 1.165) is 6.42 Å². The van der Waals surface area contributed by atoms with Gasteiger partial charge in [-0.15, -0.1) is 0 Å². The number of nitro groups is 1. The van der Waals surface area contributed by atoms with Crippen LogP contribution < -0.4 is 9.47 Å². The Hall–Kier alpha value is -1.78. The Kier molecular flexibility index (Phi) is 4.31. The van der Waals surface area contributed by atoms with Gasteiger partial charge in [0.2, 0.25) is 0 Å². The van der Waals surface area contributed by atoms with Crippen molar-refractivity contribution in [3.05, 3.63) is 27.8 Å². The van der Waals surface area contributed by atoms with Crippen molar-refractivity contribution < 1.29 is 14.4 Å². The van der Waals surface area contributed by atoms with Crippen LogP contribution in [-0.2, 0) is 0 Å². The van der Waals surface area contributed by atoms with E-state index < -0.39 is 0 Å². The molecular weight excluding hydrogens is 222 g/mol. The summed E-state index contributed by atoms with van der Waals surface area (Å²) in [4.78, 5) is 10.6. The Balaban J connectivity index is 3.40. The van der Waals surface area contributed by atoms with Crippen LogP contribution in [0.2, 0.25) is 0 Å². The van der Waals surface area contributed by atoms with Gasteiger partial charge < -0.3 is 9.47 Å². The van der Waals surface area contributed by atoms with Crippen LogP contribution in [0.5, 0.6) is 11.5 Å². The molecule has 1 rings (SSSR count). The molecule has 5 nitrogen and oxygen atoms in total. The van der Waals surface area contributed by atoms with Gasteiger partial charge in [-0.2, -0.15) is 0 Å². The van der Waals surface area contributed by atoms with E-state index in [4.69, 9.17) is 9.47 Å². The van der Waals surface area contributed by atoms with E-state index in [0.29, 0.717) is 17.1 Å². The number of methoxy groups -OCH3 is 2. The van der Waals surface area contributed by atoms with Gasteiger partial charge in [-0.05, 0) is 18.4 Å². The second-order valence-corrected chi connectivity index (χ2v) is 3.83. The summed E-state index contributed by atoms with van der Waals surface area (Å²) in [5.74, 6) is 1.01. The molecule has 1 atom stereocenters. The quantitative estimate of drug-likeness (QED) is 0.585. The van der Waals surface area contributed by atoms with Gasteiger partial charge in [0, 0.05) is 5.56 Å². The van der Waals surface area contributed by atoms with Crippen LogP contribution in [-0.4, -0.2) is 19.1 Å². The highest BCUT2D eigenvalue weighted by Crippen LogP contribution is 2.38. The highest BCUT2D eigenvalue weighted by Gasteiger charge is 2.22. The van der Waals surface area contributed by atoms with Crippen molar-refractivity contribution >= 4 is 5.69 Å². The number of rotatable bonds is 5. The van der Waals surface area contributed by atoms with E-state index in [1.165, 1.54) is 20.3 Å². The Labute approximate surface area is 101 Å². The van der Waals surface area contributed by atoms with Crippen LogP contribution in [0, 0.1) is 10.1 Å². The number of hydrogen-bond acceptors (Lipinski definition) is 4. The second kappa shape index (κ2) is 5.52. The summed E-state index contributed by atoms with van der Waals surface area (Å²) >= 11 is 0. The third kappa shape index (κ3) is 2.67. The molecule has 0 radical (unpaired) electrons. The first-order valence-corrected chi connectivity index (χ1v) is 5.45. The van der Waals surface area contributed by atoms with E-state index in [-0.39, 0.29) is 16.5 Å². The maximum atomic E-state index is 11.0. The molecular formula is C12H17NO4. The minimum absolute atomic E-state index is 0.0806. The molecule has 94 valence electrons. The summed E-state index contributed by atoms with van der Waals surface area (Å²) in [5, 5.41) is 11.0. The number of nitro benzene ring substituents is 1. The van der Waals surface area contributed by atoms with Crippen LogP contribution in [0.15, 0.2) is 12.1 Å². The molecule has 0 fully saturated rings. The number of benzene rings is 1. The predicted octanol–water partition coefficient (Wildman–Crippen LogP) is 3.13. The lowest BCUT2D eigenvalue weighted by molar-refractivity contribution is -0.385. The molecule has 0 N–H and O–H groups in total. The lowest BCUT2D eigenvalue weighted by atomic mass is 9.96. The van der Waals surface area contributed by atoms with Crippen LogP contribution >= 0.6 is 0 Å². The molecule has 0 amide bonds. The van der Waals surface area contributed by atoms with Gasteiger partial charge in [-0.3, -0.25) is 10.1 Å². The van der Waals surface area contributed by atoms with Gasteiger partial charge in [0.15, 0.2) is 11.5 Å². The van der Waals surface area contributed by atoms with Crippen molar-refractivity contribution in [1.82, 2.24) is 0 Å². The van der Waals surface area contributed by atoms with Crippen LogP contribution in [0.3, 0.4) is 0 Å². The Morgan fingerprint density at radius 3 is 2.24 bits per heavy atom. The maximum absolute atomic E-state index is 11.0. The first kappa shape index (κ1) is 13.3. The largest absolute Gasteiger partial charge is 0.493 e. The van der Waals surface area contributed by atoms with Crippen LogP contribution in [0.1, 0.15) is 31.7 Å². The van der Waals surface area contributed by atoms with Crippen molar-refractivity contribution in [1.29, 1.82) is 0 Å². The third-order valence-electron chi connectivity index (χ3n) is 2.87. The number of ether oxygens (including phenoxy) is 2. The van der Waals surface area contributed by atoms with Gasteiger partial charge in [0.05, 0.1) is 25.2 Å². The molecule has 1 aromatic rings. The predicted molar refractivity (Wildman–Crippen MR) is 64.9 cm³/mol. The highest BCUT2D eigenvalue weighted by atomic mass is 16.6. The number of nitrogens with zero attached hydrogens (tertiary/aromatic N) is 1. The summed E-state index contributed by atoms with van der Waals surface area (Å²) in [6, 6.07) is 3.10. The molecule has 1 aromatic carbocycles. The molecule has 0 aliphatic heterocycles. The Bertz CT molecular complexity index is 417. The molecule has 0 spiro atoms. The molecule has 5 heteroatoms. The Morgan fingerprint density at radius 2 is 1.82 bits per heavy atom. The standard InChI is InChI=1S/C12H17NO4/c1-5-8(2)9-6-11(16-3)12(17-4)7-10(9)13(14)15/h6-8H,5H2,1-4H3. The fourth-order valence-electron chi connectivity index (χ4n) is 1.66. The first-order valence-electron chi connectivity index (χ1n) is 5.45. The second-order valence-electron chi connectivity index (χ2n) is 3.83. The zero-order valence-corrected chi connectivity index (χ0v) is 10.5. The van der Waals surface area contributed by atoms with E-state index in [1.807, 2.05) is 13.8 Å². The molecule has 0 aliphatic rings. The molecule has 0 aliphatic carbocycles. The SMILES string of the molecule is CCC(C)c1cc(OC)c(OC)cc1[N+](=O)[O-]. The van der Waals surface area contributed by atoms with Gasteiger partial charge in [-0.25, -0.2) is 0 Å². The molecule has 17 heavy (non-hydrogen) atoms. The maximum Gasteiger partial charge on any atom is 0.276 e. The van der Waals surface area contributed by atoms with Gasteiger partial charge >= 0.3 is 0 Å². The van der Waals surface area contributed by atoms with Crippen molar-refractivity contribution in [3.63, 3.8) is 0 Å². The van der Waals surface area contributed by atoms with E-state index in [2.05, 4.69) is 0 Å². The van der Waals surface area contributed by atoms with Crippen LogP contribution in [0.25, 0.3) is 0 Å². The average molecular weight is 239 g/mol. The molecule has 0 aromatic heterocycles. The summed E-state index contributed by atoms with van der Waals surface area (Å²) in [6.07, 6.45) is 0.830. The summed E-state index contributed by atoms with van der Waals surface area (Å²) in [6.45, 7) is 3.94. The normalized spacial score (nSPS) is 12.0. The Morgan fingerprint density at radius 1 is 1.29 bits per heavy atom. The number of hydrogen-bond donors (Lipinski definition) is 0. The monoisotopic (exact) mass is 239 g/mol. The minimum atomic E-state index is -0.385. The van der Waals surface area contributed by atoms with Crippen molar-refractivity contribution in [2.45, 2.75) is 26.2 Å². The van der Waals surface area contributed by atoms with Gasteiger partial charge in [0.25, 0.3) is 5.69 Å². The topological polar surface area (TPSA) is 61.6 Å². The minimum Gasteiger partial charge on any atom is -0.493 e. The first-order chi connectivity index (χ1) is 8.04.